The van der Waals surface area contributed by atoms with Gasteiger partial charge in [0.2, 0.25) is 0 Å². The molecule has 1 amide bonds. The van der Waals surface area contributed by atoms with Crippen molar-refractivity contribution < 1.29 is 14.7 Å². The van der Waals surface area contributed by atoms with Crippen LogP contribution in [-0.2, 0) is 4.79 Å². The predicted octanol–water partition coefficient (Wildman–Crippen LogP) is 4.43. The van der Waals surface area contributed by atoms with E-state index in [1.54, 1.807) is 6.07 Å². The smallest absolute Gasteiger partial charge is 0.303 e. The Bertz CT molecular complexity index is 519. The lowest BCUT2D eigenvalue weighted by molar-refractivity contribution is -0.140. The standard InChI is InChI=1S/C14H17Br2NO3S/c15-9-6-10(21-12(9)16)13(20)17-8-14(7-11(18)19)4-2-1-3-5-14/h6H,1-5,7-8H2,(H,17,20)(H,18,19). The number of carbonyl (C=O) groups excluding carboxylic acids is 1. The molecule has 0 aliphatic heterocycles. The van der Waals surface area contributed by atoms with Crippen molar-refractivity contribution in [2.24, 2.45) is 5.41 Å². The first-order chi connectivity index (χ1) is 9.92. The molecule has 0 unspecified atom stereocenters. The first-order valence-electron chi connectivity index (χ1n) is 6.87. The summed E-state index contributed by atoms with van der Waals surface area (Å²) in [5.41, 5.74) is -0.286. The molecule has 0 bridgehead atoms. The number of carbonyl (C=O) groups is 2. The summed E-state index contributed by atoms with van der Waals surface area (Å²) in [4.78, 5) is 23.9. The number of rotatable bonds is 5. The van der Waals surface area contributed by atoms with E-state index in [1.807, 2.05) is 0 Å². The fourth-order valence-corrected chi connectivity index (χ4v) is 4.80. The molecule has 0 aromatic carbocycles. The van der Waals surface area contributed by atoms with Crippen molar-refractivity contribution in [3.63, 3.8) is 0 Å². The number of amides is 1. The highest BCUT2D eigenvalue weighted by atomic mass is 79.9. The van der Waals surface area contributed by atoms with Gasteiger partial charge in [-0.05, 0) is 56.2 Å². The van der Waals surface area contributed by atoms with Gasteiger partial charge in [0.15, 0.2) is 0 Å². The van der Waals surface area contributed by atoms with Crippen molar-refractivity contribution in [3.05, 3.63) is 19.2 Å². The third-order valence-electron chi connectivity index (χ3n) is 3.93. The van der Waals surface area contributed by atoms with Gasteiger partial charge in [0, 0.05) is 11.0 Å². The van der Waals surface area contributed by atoms with Gasteiger partial charge in [0.25, 0.3) is 5.91 Å². The van der Waals surface area contributed by atoms with E-state index in [-0.39, 0.29) is 17.7 Å². The predicted molar refractivity (Wildman–Crippen MR) is 89.8 cm³/mol. The van der Waals surface area contributed by atoms with Crippen molar-refractivity contribution in [2.75, 3.05) is 6.54 Å². The summed E-state index contributed by atoms with van der Waals surface area (Å²) >= 11 is 8.09. The molecule has 0 radical (unpaired) electrons. The topological polar surface area (TPSA) is 66.4 Å². The SMILES string of the molecule is O=C(O)CC1(CNC(=O)c2cc(Br)c(Br)s2)CCCCC1. The summed E-state index contributed by atoms with van der Waals surface area (Å²) < 4.78 is 1.74. The molecule has 1 heterocycles. The molecule has 21 heavy (non-hydrogen) atoms. The number of aliphatic carboxylic acids is 1. The van der Waals surface area contributed by atoms with Gasteiger partial charge < -0.3 is 10.4 Å². The lowest BCUT2D eigenvalue weighted by Gasteiger charge is -2.36. The first kappa shape index (κ1) is 17.0. The lowest BCUT2D eigenvalue weighted by Crippen LogP contribution is -2.40. The third-order valence-corrected chi connectivity index (χ3v) is 7.19. The van der Waals surface area contributed by atoms with Crippen LogP contribution in [0.15, 0.2) is 14.3 Å². The minimum Gasteiger partial charge on any atom is -0.481 e. The van der Waals surface area contributed by atoms with E-state index in [2.05, 4.69) is 37.2 Å². The second kappa shape index (κ2) is 7.24. The maximum absolute atomic E-state index is 12.2. The van der Waals surface area contributed by atoms with Gasteiger partial charge in [-0.25, -0.2) is 0 Å². The quantitative estimate of drug-likeness (QED) is 0.714. The normalized spacial score (nSPS) is 17.4. The molecule has 0 spiro atoms. The lowest BCUT2D eigenvalue weighted by atomic mass is 9.71. The van der Waals surface area contributed by atoms with Gasteiger partial charge in [0.1, 0.15) is 0 Å². The molecule has 1 aliphatic carbocycles. The van der Waals surface area contributed by atoms with Gasteiger partial charge in [-0.1, -0.05) is 19.3 Å². The average molecular weight is 439 g/mol. The van der Waals surface area contributed by atoms with E-state index in [0.29, 0.717) is 11.4 Å². The molecule has 2 N–H and O–H groups in total. The van der Waals surface area contributed by atoms with Gasteiger partial charge >= 0.3 is 5.97 Å². The highest BCUT2D eigenvalue weighted by Crippen LogP contribution is 2.39. The van der Waals surface area contributed by atoms with Gasteiger partial charge in [-0.2, -0.15) is 0 Å². The van der Waals surface area contributed by atoms with E-state index >= 15 is 0 Å². The van der Waals surface area contributed by atoms with Crippen LogP contribution in [0.25, 0.3) is 0 Å². The van der Waals surface area contributed by atoms with Crippen LogP contribution in [0, 0.1) is 5.41 Å². The fourth-order valence-electron chi connectivity index (χ4n) is 2.85. The monoisotopic (exact) mass is 437 g/mol. The first-order valence-corrected chi connectivity index (χ1v) is 9.27. The molecule has 7 heteroatoms. The summed E-state index contributed by atoms with van der Waals surface area (Å²) in [6.07, 6.45) is 5.11. The van der Waals surface area contributed by atoms with Gasteiger partial charge in [0.05, 0.1) is 15.1 Å². The molecule has 1 fully saturated rings. The summed E-state index contributed by atoms with van der Waals surface area (Å²) in [7, 11) is 0. The van der Waals surface area contributed by atoms with Crippen LogP contribution in [0.5, 0.6) is 0 Å². The molecule has 0 saturated heterocycles. The Balaban J connectivity index is 2.00. The molecule has 1 saturated carbocycles. The van der Waals surface area contributed by atoms with Crippen molar-refractivity contribution in [1.82, 2.24) is 5.32 Å². The number of nitrogens with one attached hydrogen (secondary N) is 1. The van der Waals surface area contributed by atoms with Crippen molar-refractivity contribution in [3.8, 4) is 0 Å². The Kier molecular flexibility index (Phi) is 5.85. The van der Waals surface area contributed by atoms with E-state index in [4.69, 9.17) is 5.11 Å². The molecular weight excluding hydrogens is 422 g/mol. The van der Waals surface area contributed by atoms with E-state index < -0.39 is 5.97 Å². The van der Waals surface area contributed by atoms with Crippen molar-refractivity contribution in [2.45, 2.75) is 38.5 Å². The molecule has 1 aromatic rings. The maximum Gasteiger partial charge on any atom is 0.303 e. The molecule has 1 aromatic heterocycles. The van der Waals surface area contributed by atoms with Crippen LogP contribution in [0.3, 0.4) is 0 Å². The van der Waals surface area contributed by atoms with Crippen LogP contribution in [-0.4, -0.2) is 23.5 Å². The minimum absolute atomic E-state index is 0.130. The van der Waals surface area contributed by atoms with Crippen LogP contribution in [0.4, 0.5) is 0 Å². The van der Waals surface area contributed by atoms with Crippen LogP contribution < -0.4 is 5.32 Å². The van der Waals surface area contributed by atoms with Crippen molar-refractivity contribution >= 4 is 55.1 Å². The maximum atomic E-state index is 12.2. The Labute approximate surface area is 144 Å². The third kappa shape index (κ3) is 4.53. The van der Waals surface area contributed by atoms with E-state index in [1.165, 1.54) is 11.3 Å². The fraction of sp³-hybridized carbons (Fsp3) is 0.571. The summed E-state index contributed by atoms with van der Waals surface area (Å²) in [6, 6.07) is 1.77. The number of carboxylic acids is 1. The Morgan fingerprint density at radius 2 is 1.95 bits per heavy atom. The minimum atomic E-state index is -0.784. The molecule has 116 valence electrons. The van der Waals surface area contributed by atoms with Gasteiger partial charge in [-0.3, -0.25) is 9.59 Å². The number of halogens is 2. The highest BCUT2D eigenvalue weighted by molar-refractivity contribution is 9.13. The number of carboxylic acid groups (broad SMARTS) is 1. The summed E-state index contributed by atoms with van der Waals surface area (Å²) in [5, 5.41) is 12.1. The Hall–Kier alpha value is -0.400. The van der Waals surface area contributed by atoms with Crippen LogP contribution in [0.1, 0.15) is 48.2 Å². The van der Waals surface area contributed by atoms with Crippen LogP contribution >= 0.6 is 43.2 Å². The van der Waals surface area contributed by atoms with Crippen LogP contribution in [0.2, 0.25) is 0 Å². The molecule has 4 nitrogen and oxygen atoms in total. The summed E-state index contributed by atoms with van der Waals surface area (Å²) in [6.45, 7) is 0.436. The Morgan fingerprint density at radius 3 is 2.48 bits per heavy atom. The molecule has 0 atom stereocenters. The van der Waals surface area contributed by atoms with E-state index in [9.17, 15) is 9.59 Å². The zero-order valence-corrected chi connectivity index (χ0v) is 15.4. The van der Waals surface area contributed by atoms with Gasteiger partial charge in [-0.15, -0.1) is 11.3 Å². The average Bonchev–Trinajstić information content (AvgIpc) is 2.76. The number of hydrogen-bond acceptors (Lipinski definition) is 3. The number of thiophene rings is 1. The summed E-state index contributed by atoms with van der Waals surface area (Å²) in [5.74, 6) is -0.922. The second-order valence-corrected chi connectivity index (χ2v) is 8.77. The Morgan fingerprint density at radius 1 is 1.29 bits per heavy atom. The second-order valence-electron chi connectivity index (χ2n) is 5.55. The molecule has 1 aliphatic rings. The number of hydrogen-bond donors (Lipinski definition) is 2. The zero-order valence-electron chi connectivity index (χ0n) is 11.5. The largest absolute Gasteiger partial charge is 0.481 e. The van der Waals surface area contributed by atoms with E-state index in [0.717, 1.165) is 40.4 Å². The molecule has 2 rings (SSSR count). The zero-order chi connectivity index (χ0) is 15.5. The highest BCUT2D eigenvalue weighted by Gasteiger charge is 2.34. The van der Waals surface area contributed by atoms with Crippen molar-refractivity contribution in [1.29, 1.82) is 0 Å². The molecular formula is C14H17Br2NO3S.